The molecule has 1 atom stereocenters. The average Bonchev–Trinajstić information content (AvgIpc) is 3.11. The Morgan fingerprint density at radius 3 is 1.38 bits per heavy atom. The van der Waals surface area contributed by atoms with E-state index in [1.165, 1.54) is 89.9 Å². The molecule has 4 nitrogen and oxygen atoms in total. The first kappa shape index (κ1) is 38.5. The van der Waals surface area contributed by atoms with Crippen molar-refractivity contribution in [1.82, 2.24) is 5.32 Å². The van der Waals surface area contributed by atoms with Crippen LogP contribution in [0, 0.1) is 0 Å². The predicted octanol–water partition coefficient (Wildman–Crippen LogP) is 11.2. The molecule has 0 aromatic heterocycles. The molecular formula is C43H63NO3. The van der Waals surface area contributed by atoms with Crippen LogP contribution in [0.3, 0.4) is 0 Å². The van der Waals surface area contributed by atoms with Crippen molar-refractivity contribution in [3.05, 3.63) is 108 Å². The van der Waals surface area contributed by atoms with Crippen LogP contribution in [0.2, 0.25) is 0 Å². The zero-order chi connectivity index (χ0) is 33.3. The number of nitrogens with one attached hydrogen (secondary N) is 1. The highest BCUT2D eigenvalue weighted by Crippen LogP contribution is 2.40. The highest BCUT2D eigenvalue weighted by Gasteiger charge is 2.38. The van der Waals surface area contributed by atoms with Crippen LogP contribution in [0.25, 0.3) is 0 Å². The van der Waals surface area contributed by atoms with Crippen molar-refractivity contribution < 1.29 is 14.3 Å². The van der Waals surface area contributed by atoms with Crippen LogP contribution < -0.4 is 5.32 Å². The smallest absolute Gasteiger partial charge is 0.220 e. The summed E-state index contributed by atoms with van der Waals surface area (Å²) in [4.78, 5) is 12.4. The summed E-state index contributed by atoms with van der Waals surface area (Å²) in [5.41, 5.74) is 2.38. The highest BCUT2D eigenvalue weighted by atomic mass is 16.5. The minimum Gasteiger partial charge on any atom is -0.374 e. The number of rotatable bonds is 27. The second-order valence-corrected chi connectivity index (χ2v) is 13.1. The molecule has 258 valence electrons. The van der Waals surface area contributed by atoms with Crippen LogP contribution in [-0.2, 0) is 19.9 Å². The van der Waals surface area contributed by atoms with Crippen molar-refractivity contribution in [1.29, 1.82) is 0 Å². The molecule has 3 rings (SSSR count). The van der Waals surface area contributed by atoms with Crippen LogP contribution in [0.4, 0.5) is 0 Å². The van der Waals surface area contributed by atoms with Gasteiger partial charge in [-0.25, -0.2) is 0 Å². The molecule has 0 saturated heterocycles. The van der Waals surface area contributed by atoms with Gasteiger partial charge in [-0.05, 0) is 29.5 Å². The molecule has 0 radical (unpaired) electrons. The normalized spacial score (nSPS) is 12.2. The Morgan fingerprint density at radius 2 is 0.979 bits per heavy atom. The van der Waals surface area contributed by atoms with Gasteiger partial charge in [0.05, 0.1) is 12.7 Å². The van der Waals surface area contributed by atoms with E-state index in [1.807, 2.05) is 25.1 Å². The minimum atomic E-state index is -0.812. The second kappa shape index (κ2) is 24.2. The molecule has 0 fully saturated rings. The molecule has 0 saturated carbocycles. The van der Waals surface area contributed by atoms with E-state index in [0.717, 1.165) is 29.5 Å². The third kappa shape index (κ3) is 14.4. The van der Waals surface area contributed by atoms with Crippen molar-refractivity contribution in [3.63, 3.8) is 0 Å². The van der Waals surface area contributed by atoms with Crippen molar-refractivity contribution in [2.75, 3.05) is 19.8 Å². The number of hydrogen-bond acceptors (Lipinski definition) is 3. The summed E-state index contributed by atoms with van der Waals surface area (Å²) < 4.78 is 13.5. The van der Waals surface area contributed by atoms with Gasteiger partial charge in [0.25, 0.3) is 0 Å². The monoisotopic (exact) mass is 641 g/mol. The van der Waals surface area contributed by atoms with Gasteiger partial charge in [-0.1, -0.05) is 195 Å². The average molecular weight is 642 g/mol. The fraction of sp³-hybridized carbons (Fsp3) is 0.558. The van der Waals surface area contributed by atoms with Gasteiger partial charge in [-0.3, -0.25) is 4.79 Å². The second-order valence-electron chi connectivity index (χ2n) is 13.1. The maximum absolute atomic E-state index is 12.4. The Labute approximate surface area is 287 Å². The molecule has 0 aliphatic rings. The Kier molecular flexibility index (Phi) is 19.8. The van der Waals surface area contributed by atoms with Crippen molar-refractivity contribution >= 4 is 5.91 Å². The van der Waals surface area contributed by atoms with E-state index in [2.05, 4.69) is 85.0 Å². The summed E-state index contributed by atoms with van der Waals surface area (Å²) in [6.07, 6.45) is 21.2. The standard InChI is InChI=1S/C43H63NO3/c1-3-5-6-7-8-9-10-11-12-13-14-15-16-17-27-35-46-41(36-44-42(45)28-4-2)37-47-43(38-29-21-18-22-30-38,39-31-23-19-24-32-39)40-33-25-20-26-34-40/h18-26,29-34,41H,3-17,27-28,35-37H2,1-2H3,(H,44,45). The Hall–Kier alpha value is -2.95. The largest absolute Gasteiger partial charge is 0.374 e. The Morgan fingerprint density at radius 1 is 0.574 bits per heavy atom. The summed E-state index contributed by atoms with van der Waals surface area (Å²) in [5.74, 6) is 0.0634. The molecular weight excluding hydrogens is 578 g/mol. The topological polar surface area (TPSA) is 47.6 Å². The number of carbonyl (C=O) groups is 1. The number of hydrogen-bond donors (Lipinski definition) is 1. The lowest BCUT2D eigenvalue weighted by Crippen LogP contribution is -2.41. The van der Waals surface area contributed by atoms with Crippen molar-refractivity contribution in [2.24, 2.45) is 0 Å². The van der Waals surface area contributed by atoms with Gasteiger partial charge >= 0.3 is 0 Å². The molecule has 47 heavy (non-hydrogen) atoms. The lowest BCUT2D eigenvalue weighted by molar-refractivity contribution is -0.122. The van der Waals surface area contributed by atoms with E-state index in [-0.39, 0.29) is 12.0 Å². The van der Waals surface area contributed by atoms with Gasteiger partial charge in [0, 0.05) is 19.6 Å². The number of benzene rings is 3. The van der Waals surface area contributed by atoms with E-state index in [4.69, 9.17) is 9.47 Å². The molecule has 3 aromatic rings. The molecule has 0 heterocycles. The molecule has 1 N–H and O–H groups in total. The van der Waals surface area contributed by atoms with Gasteiger partial charge in [0.2, 0.25) is 5.91 Å². The first-order valence-electron chi connectivity index (χ1n) is 18.9. The summed E-state index contributed by atoms with van der Waals surface area (Å²) in [5, 5.41) is 3.10. The van der Waals surface area contributed by atoms with Crippen LogP contribution in [0.5, 0.6) is 0 Å². The third-order valence-corrected chi connectivity index (χ3v) is 9.13. The van der Waals surface area contributed by atoms with E-state index < -0.39 is 5.60 Å². The van der Waals surface area contributed by atoms with Crippen LogP contribution in [-0.4, -0.2) is 31.8 Å². The van der Waals surface area contributed by atoms with E-state index in [9.17, 15) is 4.79 Å². The van der Waals surface area contributed by atoms with Gasteiger partial charge in [-0.15, -0.1) is 0 Å². The van der Waals surface area contributed by atoms with Crippen LogP contribution >= 0.6 is 0 Å². The van der Waals surface area contributed by atoms with Crippen LogP contribution in [0.15, 0.2) is 91.0 Å². The maximum atomic E-state index is 12.4. The lowest BCUT2D eigenvalue weighted by Gasteiger charge is -2.37. The molecule has 0 aliphatic carbocycles. The molecule has 4 heteroatoms. The fourth-order valence-electron chi connectivity index (χ4n) is 6.42. The Balaban J connectivity index is 1.51. The molecule has 1 amide bonds. The first-order valence-corrected chi connectivity index (χ1v) is 18.9. The summed E-state index contributed by atoms with van der Waals surface area (Å²) in [6.45, 7) is 5.77. The summed E-state index contributed by atoms with van der Waals surface area (Å²) in [7, 11) is 0. The molecule has 3 aromatic carbocycles. The lowest BCUT2D eigenvalue weighted by atomic mass is 9.80. The van der Waals surface area contributed by atoms with E-state index in [0.29, 0.717) is 26.2 Å². The van der Waals surface area contributed by atoms with E-state index in [1.54, 1.807) is 0 Å². The predicted molar refractivity (Wildman–Crippen MR) is 198 cm³/mol. The highest BCUT2D eigenvalue weighted by molar-refractivity contribution is 5.75. The zero-order valence-electron chi connectivity index (χ0n) is 29.6. The number of ether oxygens (including phenoxy) is 2. The zero-order valence-corrected chi connectivity index (χ0v) is 29.6. The van der Waals surface area contributed by atoms with Gasteiger partial charge in [0.1, 0.15) is 5.60 Å². The van der Waals surface area contributed by atoms with Crippen molar-refractivity contribution in [2.45, 2.75) is 135 Å². The van der Waals surface area contributed by atoms with Crippen LogP contribution in [0.1, 0.15) is 140 Å². The van der Waals surface area contributed by atoms with Gasteiger partial charge in [-0.2, -0.15) is 0 Å². The third-order valence-electron chi connectivity index (χ3n) is 9.13. The van der Waals surface area contributed by atoms with E-state index >= 15 is 0 Å². The number of unbranched alkanes of at least 4 members (excludes halogenated alkanes) is 14. The molecule has 0 bridgehead atoms. The summed E-state index contributed by atoms with van der Waals surface area (Å²) >= 11 is 0. The molecule has 0 spiro atoms. The van der Waals surface area contributed by atoms with Gasteiger partial charge in [0.15, 0.2) is 0 Å². The quantitative estimate of drug-likeness (QED) is 0.0665. The SMILES string of the molecule is CCCCCCCCCCCCCCCCCOC(CNC(=O)CCC)COC(c1ccccc1)(c1ccccc1)c1ccccc1. The van der Waals surface area contributed by atoms with Gasteiger partial charge < -0.3 is 14.8 Å². The Bertz CT molecular complexity index is 1070. The maximum Gasteiger partial charge on any atom is 0.220 e. The number of carbonyl (C=O) groups excluding carboxylic acids is 1. The number of amides is 1. The van der Waals surface area contributed by atoms with Crippen molar-refractivity contribution in [3.8, 4) is 0 Å². The minimum absolute atomic E-state index is 0.0634. The summed E-state index contributed by atoms with van der Waals surface area (Å²) in [6, 6.07) is 31.3. The fourth-order valence-corrected chi connectivity index (χ4v) is 6.42. The first-order chi connectivity index (χ1) is 23.2. The molecule has 1 unspecified atom stereocenters. The molecule has 0 aliphatic heterocycles.